The zero-order chi connectivity index (χ0) is 23.7. The van der Waals surface area contributed by atoms with Crippen LogP contribution in [0, 0.1) is 5.82 Å². The summed E-state index contributed by atoms with van der Waals surface area (Å²) in [5, 5.41) is 0. The van der Waals surface area contributed by atoms with Gasteiger partial charge in [-0.1, -0.05) is 48.5 Å². The number of hydrogen-bond donors (Lipinski definition) is 1. The number of amides is 1. The number of halogens is 1. The summed E-state index contributed by atoms with van der Waals surface area (Å²) in [5.41, 5.74) is 16.4. The predicted molar refractivity (Wildman–Crippen MR) is 131 cm³/mol. The van der Waals surface area contributed by atoms with Gasteiger partial charge in [-0.15, -0.1) is 0 Å². The van der Waals surface area contributed by atoms with E-state index >= 15 is 0 Å². The van der Waals surface area contributed by atoms with E-state index in [0.717, 1.165) is 38.9 Å². The Bertz CT molecular complexity index is 1510. The number of nitrogens with two attached hydrogens (primary N) is 1. The van der Waals surface area contributed by atoms with Crippen molar-refractivity contribution >= 4 is 5.91 Å². The van der Waals surface area contributed by atoms with E-state index in [4.69, 9.17) is 10.5 Å². The van der Waals surface area contributed by atoms with Crippen LogP contribution in [0.15, 0.2) is 78.9 Å². The second-order valence-electron chi connectivity index (χ2n) is 9.56. The van der Waals surface area contributed by atoms with Crippen LogP contribution in [-0.2, 0) is 24.4 Å². The lowest BCUT2D eigenvalue weighted by atomic mass is 9.84. The fraction of sp³-hybridized carbons (Fsp3) is 0.167. The van der Waals surface area contributed by atoms with Crippen molar-refractivity contribution in [2.45, 2.75) is 31.8 Å². The second kappa shape index (κ2) is 7.60. The van der Waals surface area contributed by atoms with E-state index in [2.05, 4.69) is 30.3 Å². The van der Waals surface area contributed by atoms with Crippen molar-refractivity contribution in [3.8, 4) is 11.1 Å². The molecule has 4 nitrogen and oxygen atoms in total. The summed E-state index contributed by atoms with van der Waals surface area (Å²) in [6.45, 7) is 1.73. The molecule has 0 saturated carbocycles. The lowest BCUT2D eigenvalue weighted by Crippen LogP contribution is -2.25. The Morgan fingerprint density at radius 2 is 1.49 bits per heavy atom. The molecule has 4 aromatic rings. The van der Waals surface area contributed by atoms with Crippen LogP contribution in [0.1, 0.15) is 61.5 Å². The van der Waals surface area contributed by atoms with E-state index in [1.165, 1.54) is 23.3 Å². The number of nitrogens with zero attached hydrogens (tertiary/aromatic N) is 1. The fourth-order valence-corrected chi connectivity index (χ4v) is 5.70. The minimum absolute atomic E-state index is 0.0351. The summed E-state index contributed by atoms with van der Waals surface area (Å²) in [4.78, 5) is 15.3. The van der Waals surface area contributed by atoms with E-state index in [1.807, 2.05) is 29.2 Å². The molecule has 172 valence electrons. The third-order valence-corrected chi connectivity index (χ3v) is 7.52. The van der Waals surface area contributed by atoms with Gasteiger partial charge in [0.2, 0.25) is 0 Å². The van der Waals surface area contributed by atoms with Gasteiger partial charge in [-0.25, -0.2) is 4.39 Å². The molecule has 3 aliphatic rings. The Labute approximate surface area is 202 Å². The van der Waals surface area contributed by atoms with Crippen LogP contribution in [0.25, 0.3) is 11.1 Å². The summed E-state index contributed by atoms with van der Waals surface area (Å²) in [5.74, 6) is -0.206. The van der Waals surface area contributed by atoms with Gasteiger partial charge in [-0.05, 0) is 80.4 Å². The molecule has 2 N–H and O–H groups in total. The topological polar surface area (TPSA) is 55.6 Å². The first kappa shape index (κ1) is 20.6. The SMILES string of the molecule is NCc1ccc2c(c1)CN(C(=O)c1ccc3c(c1)C1OC3c3cc(-c4ccc(F)cc4)ccc31)C2. The van der Waals surface area contributed by atoms with Crippen LogP contribution in [0.3, 0.4) is 0 Å². The van der Waals surface area contributed by atoms with Crippen LogP contribution < -0.4 is 5.73 Å². The third-order valence-electron chi connectivity index (χ3n) is 7.52. The predicted octanol–water partition coefficient (Wildman–Crippen LogP) is 5.63. The number of fused-ring (bicyclic) bond motifs is 9. The van der Waals surface area contributed by atoms with Gasteiger partial charge in [-0.3, -0.25) is 4.79 Å². The van der Waals surface area contributed by atoms with Gasteiger partial charge in [-0.2, -0.15) is 0 Å². The Kier molecular flexibility index (Phi) is 4.47. The average molecular weight is 463 g/mol. The third kappa shape index (κ3) is 3.16. The summed E-state index contributed by atoms with van der Waals surface area (Å²) >= 11 is 0. The molecule has 0 radical (unpaired) electrons. The lowest BCUT2D eigenvalue weighted by molar-refractivity contribution is 0.0751. The van der Waals surface area contributed by atoms with Crippen molar-refractivity contribution in [2.75, 3.05) is 0 Å². The molecule has 35 heavy (non-hydrogen) atoms. The van der Waals surface area contributed by atoms with Gasteiger partial charge in [0.05, 0.1) is 0 Å². The molecule has 2 bridgehead atoms. The van der Waals surface area contributed by atoms with Crippen molar-refractivity contribution < 1.29 is 13.9 Å². The van der Waals surface area contributed by atoms with Crippen molar-refractivity contribution in [3.63, 3.8) is 0 Å². The van der Waals surface area contributed by atoms with Gasteiger partial charge >= 0.3 is 0 Å². The minimum Gasteiger partial charge on any atom is -0.356 e. The van der Waals surface area contributed by atoms with E-state index in [9.17, 15) is 9.18 Å². The zero-order valence-corrected chi connectivity index (χ0v) is 19.0. The molecule has 3 aliphatic heterocycles. The van der Waals surface area contributed by atoms with E-state index in [0.29, 0.717) is 25.2 Å². The maximum Gasteiger partial charge on any atom is 0.254 e. The summed E-state index contributed by atoms with van der Waals surface area (Å²) < 4.78 is 19.7. The molecule has 0 spiro atoms. The summed E-state index contributed by atoms with van der Waals surface area (Å²) in [6.07, 6.45) is -0.303. The fourth-order valence-electron chi connectivity index (χ4n) is 5.70. The lowest BCUT2D eigenvalue weighted by Gasteiger charge is -2.20. The minimum atomic E-state index is -0.241. The summed E-state index contributed by atoms with van der Waals surface area (Å²) in [7, 11) is 0. The quantitative estimate of drug-likeness (QED) is 0.429. The Morgan fingerprint density at radius 3 is 2.26 bits per heavy atom. The highest BCUT2D eigenvalue weighted by Crippen LogP contribution is 2.54. The molecule has 1 amide bonds. The van der Waals surface area contributed by atoms with Crippen molar-refractivity contribution in [1.29, 1.82) is 0 Å². The molecule has 3 heterocycles. The number of ether oxygens (including phenoxy) is 1. The normalized spacial score (nSPS) is 19.0. The maximum atomic E-state index is 13.4. The van der Waals surface area contributed by atoms with Crippen LogP contribution >= 0.6 is 0 Å². The number of carbonyl (C=O) groups excluding carboxylic acids is 1. The molecule has 7 rings (SSSR count). The molecule has 2 unspecified atom stereocenters. The molecule has 2 atom stereocenters. The van der Waals surface area contributed by atoms with E-state index in [1.54, 1.807) is 12.1 Å². The molecule has 0 fully saturated rings. The smallest absolute Gasteiger partial charge is 0.254 e. The van der Waals surface area contributed by atoms with E-state index in [-0.39, 0.29) is 23.9 Å². The van der Waals surface area contributed by atoms with Gasteiger partial charge in [0, 0.05) is 25.2 Å². The number of rotatable bonds is 3. The molecule has 0 aliphatic carbocycles. The number of benzene rings is 4. The van der Waals surface area contributed by atoms with Crippen LogP contribution in [0.2, 0.25) is 0 Å². The van der Waals surface area contributed by atoms with Crippen molar-refractivity contribution in [2.24, 2.45) is 5.73 Å². The maximum absolute atomic E-state index is 13.4. The van der Waals surface area contributed by atoms with Gasteiger partial charge in [0.1, 0.15) is 18.0 Å². The van der Waals surface area contributed by atoms with Crippen LogP contribution in [0.5, 0.6) is 0 Å². The highest BCUT2D eigenvalue weighted by molar-refractivity contribution is 5.95. The second-order valence-corrected chi connectivity index (χ2v) is 9.56. The van der Waals surface area contributed by atoms with Crippen molar-refractivity contribution in [3.05, 3.63) is 129 Å². The largest absolute Gasteiger partial charge is 0.356 e. The highest BCUT2D eigenvalue weighted by atomic mass is 19.1. The Balaban J connectivity index is 1.17. The zero-order valence-electron chi connectivity index (χ0n) is 19.0. The number of carbonyl (C=O) groups is 1. The molecular weight excluding hydrogens is 439 g/mol. The molecule has 0 aromatic heterocycles. The van der Waals surface area contributed by atoms with Crippen LogP contribution in [-0.4, -0.2) is 10.8 Å². The molecule has 0 saturated heterocycles. The highest BCUT2D eigenvalue weighted by Gasteiger charge is 2.43. The first-order valence-electron chi connectivity index (χ1n) is 11.9. The first-order valence-corrected chi connectivity index (χ1v) is 11.9. The number of hydrogen-bond acceptors (Lipinski definition) is 3. The van der Waals surface area contributed by atoms with Crippen molar-refractivity contribution in [1.82, 2.24) is 4.90 Å². The molecule has 5 heteroatoms. The monoisotopic (exact) mass is 462 g/mol. The standard InChI is InChI=1S/C30H23FN2O2/c31-23-7-3-18(4-8-23)19-5-9-24-26(12-19)28-25-10-6-20(13-27(25)29(24)35-28)30(34)33-15-21-2-1-17(14-32)11-22(21)16-33/h1-13,28-29H,14-16,32H2. The first-order chi connectivity index (χ1) is 17.1. The van der Waals surface area contributed by atoms with Crippen LogP contribution in [0.4, 0.5) is 4.39 Å². The summed E-state index contributed by atoms with van der Waals surface area (Å²) in [6, 6.07) is 25.0. The Morgan fingerprint density at radius 1 is 0.800 bits per heavy atom. The average Bonchev–Trinajstić information content (AvgIpc) is 3.60. The Hall–Kier alpha value is -3.80. The van der Waals surface area contributed by atoms with Gasteiger partial charge in [0.25, 0.3) is 5.91 Å². The van der Waals surface area contributed by atoms with Gasteiger partial charge < -0.3 is 15.4 Å². The molecular formula is C30H23FN2O2. The molecule has 4 aromatic carbocycles. The van der Waals surface area contributed by atoms with E-state index < -0.39 is 0 Å². The van der Waals surface area contributed by atoms with Gasteiger partial charge in [0.15, 0.2) is 0 Å².